The first-order valence-corrected chi connectivity index (χ1v) is 6.82. The number of aromatic nitrogens is 1. The summed E-state index contributed by atoms with van der Waals surface area (Å²) in [4.78, 5) is 4.64. The van der Waals surface area contributed by atoms with Crippen molar-refractivity contribution >= 4 is 0 Å². The predicted octanol–water partition coefficient (Wildman–Crippen LogP) is 2.99. The third-order valence-corrected chi connectivity index (χ3v) is 4.30. The molecular weight excluding hydrogens is 208 g/mol. The fourth-order valence-electron chi connectivity index (χ4n) is 3.06. The molecule has 0 aliphatic heterocycles. The van der Waals surface area contributed by atoms with E-state index in [1.54, 1.807) is 0 Å². The molecule has 17 heavy (non-hydrogen) atoms. The Morgan fingerprint density at radius 3 is 3.06 bits per heavy atom. The monoisotopic (exact) mass is 232 g/mol. The van der Waals surface area contributed by atoms with E-state index in [2.05, 4.69) is 36.3 Å². The second-order valence-electron chi connectivity index (χ2n) is 5.44. The van der Waals surface area contributed by atoms with E-state index in [0.717, 1.165) is 6.54 Å². The van der Waals surface area contributed by atoms with Crippen LogP contribution in [0.2, 0.25) is 0 Å². The molecule has 0 saturated carbocycles. The molecule has 0 saturated heterocycles. The molecule has 94 valence electrons. The van der Waals surface area contributed by atoms with E-state index in [9.17, 15) is 0 Å². The average molecular weight is 232 g/mol. The third-order valence-electron chi connectivity index (χ3n) is 4.30. The number of rotatable bonds is 4. The zero-order valence-electron chi connectivity index (χ0n) is 11.2. The van der Waals surface area contributed by atoms with Crippen LogP contribution in [0.5, 0.6) is 0 Å². The molecule has 2 nitrogen and oxygen atoms in total. The maximum Gasteiger partial charge on any atom is 0.0469 e. The van der Waals surface area contributed by atoms with Crippen LogP contribution in [0.25, 0.3) is 0 Å². The van der Waals surface area contributed by atoms with E-state index in [-0.39, 0.29) is 0 Å². The smallest absolute Gasteiger partial charge is 0.0469 e. The van der Waals surface area contributed by atoms with Gasteiger partial charge in [-0.1, -0.05) is 19.9 Å². The SMILES string of the molecule is CNCC(C)C(C)C1CCCc2cccnc21. The number of aryl methyl sites for hydroxylation is 1. The van der Waals surface area contributed by atoms with Crippen LogP contribution in [0.15, 0.2) is 18.3 Å². The van der Waals surface area contributed by atoms with E-state index in [1.807, 2.05) is 13.2 Å². The fourth-order valence-corrected chi connectivity index (χ4v) is 3.06. The van der Waals surface area contributed by atoms with Crippen molar-refractivity contribution < 1.29 is 0 Å². The molecule has 1 N–H and O–H groups in total. The lowest BCUT2D eigenvalue weighted by atomic mass is 9.74. The highest BCUT2D eigenvalue weighted by Gasteiger charge is 2.28. The topological polar surface area (TPSA) is 24.9 Å². The van der Waals surface area contributed by atoms with Gasteiger partial charge in [-0.15, -0.1) is 0 Å². The zero-order valence-corrected chi connectivity index (χ0v) is 11.2. The molecule has 1 heterocycles. The van der Waals surface area contributed by atoms with Gasteiger partial charge in [0.25, 0.3) is 0 Å². The quantitative estimate of drug-likeness (QED) is 0.863. The van der Waals surface area contributed by atoms with Gasteiger partial charge in [0.1, 0.15) is 0 Å². The number of nitrogens with one attached hydrogen (secondary N) is 1. The Bertz CT molecular complexity index is 362. The molecule has 1 aliphatic carbocycles. The minimum atomic E-state index is 0.656. The lowest BCUT2D eigenvalue weighted by molar-refractivity contribution is 0.290. The largest absolute Gasteiger partial charge is 0.319 e. The van der Waals surface area contributed by atoms with E-state index in [0.29, 0.717) is 17.8 Å². The van der Waals surface area contributed by atoms with E-state index in [4.69, 9.17) is 0 Å². The van der Waals surface area contributed by atoms with Gasteiger partial charge in [-0.05, 0) is 56.3 Å². The van der Waals surface area contributed by atoms with Gasteiger partial charge in [-0.2, -0.15) is 0 Å². The van der Waals surface area contributed by atoms with Crippen LogP contribution >= 0.6 is 0 Å². The van der Waals surface area contributed by atoms with Gasteiger partial charge in [0, 0.05) is 17.8 Å². The Labute approximate surface area is 105 Å². The van der Waals surface area contributed by atoms with Gasteiger partial charge in [-0.3, -0.25) is 4.98 Å². The summed E-state index contributed by atoms with van der Waals surface area (Å²) in [6.07, 6.45) is 5.79. The molecule has 1 aromatic rings. The standard InChI is InChI=1S/C15H24N2/c1-11(10-16-3)12(2)14-8-4-6-13-7-5-9-17-15(13)14/h5,7,9,11-12,14,16H,4,6,8,10H2,1-3H3. The Morgan fingerprint density at radius 1 is 1.47 bits per heavy atom. The molecule has 0 bridgehead atoms. The summed E-state index contributed by atoms with van der Waals surface area (Å²) in [6.45, 7) is 5.83. The van der Waals surface area contributed by atoms with E-state index in [1.165, 1.54) is 30.5 Å². The minimum Gasteiger partial charge on any atom is -0.319 e. The van der Waals surface area contributed by atoms with Crippen LogP contribution in [0.1, 0.15) is 43.9 Å². The van der Waals surface area contributed by atoms with Gasteiger partial charge in [-0.25, -0.2) is 0 Å². The Balaban J connectivity index is 2.17. The van der Waals surface area contributed by atoms with Gasteiger partial charge in [0.2, 0.25) is 0 Å². The van der Waals surface area contributed by atoms with Crippen molar-refractivity contribution in [2.45, 2.75) is 39.0 Å². The lowest BCUT2D eigenvalue weighted by Gasteiger charge is -2.32. The van der Waals surface area contributed by atoms with E-state index >= 15 is 0 Å². The molecular formula is C15H24N2. The summed E-state index contributed by atoms with van der Waals surface area (Å²) in [5.74, 6) is 2.07. The highest BCUT2D eigenvalue weighted by Crippen LogP contribution is 2.38. The molecule has 0 amide bonds. The molecule has 0 fully saturated rings. The lowest BCUT2D eigenvalue weighted by Crippen LogP contribution is -2.28. The van der Waals surface area contributed by atoms with Crippen molar-refractivity contribution in [3.63, 3.8) is 0 Å². The summed E-state index contributed by atoms with van der Waals surface area (Å²) in [7, 11) is 2.04. The zero-order chi connectivity index (χ0) is 12.3. The highest BCUT2D eigenvalue weighted by molar-refractivity contribution is 5.26. The van der Waals surface area contributed by atoms with Gasteiger partial charge in [0.15, 0.2) is 0 Å². The molecule has 3 atom stereocenters. The fraction of sp³-hybridized carbons (Fsp3) is 0.667. The summed E-state index contributed by atoms with van der Waals surface area (Å²) >= 11 is 0. The molecule has 1 aliphatic rings. The van der Waals surface area contributed by atoms with Crippen molar-refractivity contribution in [3.8, 4) is 0 Å². The van der Waals surface area contributed by atoms with Crippen molar-refractivity contribution in [2.75, 3.05) is 13.6 Å². The molecule has 2 rings (SSSR count). The number of nitrogens with zero attached hydrogens (tertiary/aromatic N) is 1. The van der Waals surface area contributed by atoms with Crippen LogP contribution < -0.4 is 5.32 Å². The first kappa shape index (κ1) is 12.6. The summed E-state index contributed by atoms with van der Waals surface area (Å²) < 4.78 is 0. The highest BCUT2D eigenvalue weighted by atomic mass is 14.8. The molecule has 0 radical (unpaired) electrons. The van der Waals surface area contributed by atoms with Crippen molar-refractivity contribution in [1.29, 1.82) is 0 Å². The predicted molar refractivity (Wildman–Crippen MR) is 72.2 cm³/mol. The Morgan fingerprint density at radius 2 is 2.29 bits per heavy atom. The van der Waals surface area contributed by atoms with Crippen LogP contribution in [-0.4, -0.2) is 18.6 Å². The maximum atomic E-state index is 4.64. The Kier molecular flexibility index (Phi) is 4.16. The molecule has 3 unspecified atom stereocenters. The first-order valence-electron chi connectivity index (χ1n) is 6.82. The number of hydrogen-bond donors (Lipinski definition) is 1. The number of hydrogen-bond acceptors (Lipinski definition) is 2. The summed E-state index contributed by atoms with van der Waals surface area (Å²) in [6, 6.07) is 4.33. The van der Waals surface area contributed by atoms with Crippen LogP contribution in [0.3, 0.4) is 0 Å². The summed E-state index contributed by atoms with van der Waals surface area (Å²) in [5, 5.41) is 3.29. The molecule has 0 spiro atoms. The van der Waals surface area contributed by atoms with Crippen molar-refractivity contribution in [1.82, 2.24) is 10.3 Å². The summed E-state index contributed by atoms with van der Waals surface area (Å²) in [5.41, 5.74) is 2.85. The van der Waals surface area contributed by atoms with Crippen LogP contribution in [-0.2, 0) is 6.42 Å². The third kappa shape index (κ3) is 2.68. The Hall–Kier alpha value is -0.890. The first-order chi connectivity index (χ1) is 8.24. The second-order valence-corrected chi connectivity index (χ2v) is 5.44. The number of pyridine rings is 1. The minimum absolute atomic E-state index is 0.656. The second kappa shape index (κ2) is 5.63. The molecule has 2 heteroatoms. The maximum absolute atomic E-state index is 4.64. The normalized spacial score (nSPS) is 22.9. The molecule has 1 aromatic heterocycles. The van der Waals surface area contributed by atoms with Crippen LogP contribution in [0, 0.1) is 11.8 Å². The van der Waals surface area contributed by atoms with Crippen molar-refractivity contribution in [3.05, 3.63) is 29.6 Å². The van der Waals surface area contributed by atoms with Gasteiger partial charge >= 0.3 is 0 Å². The number of fused-ring (bicyclic) bond motifs is 1. The van der Waals surface area contributed by atoms with Gasteiger partial charge < -0.3 is 5.32 Å². The molecule has 0 aromatic carbocycles. The van der Waals surface area contributed by atoms with Gasteiger partial charge in [0.05, 0.1) is 0 Å². The van der Waals surface area contributed by atoms with E-state index < -0.39 is 0 Å². The van der Waals surface area contributed by atoms with Crippen LogP contribution in [0.4, 0.5) is 0 Å². The average Bonchev–Trinajstić information content (AvgIpc) is 2.37. The van der Waals surface area contributed by atoms with Crippen molar-refractivity contribution in [2.24, 2.45) is 11.8 Å².